The van der Waals surface area contributed by atoms with Gasteiger partial charge in [0, 0.05) is 11.6 Å². The van der Waals surface area contributed by atoms with Gasteiger partial charge in [-0.1, -0.05) is 0 Å². The van der Waals surface area contributed by atoms with Crippen molar-refractivity contribution in [2.45, 2.75) is 18.9 Å². The Balaban J connectivity index is 1.85. The highest BCUT2D eigenvalue weighted by Crippen LogP contribution is 2.53. The second-order valence-corrected chi connectivity index (χ2v) is 6.20. The summed E-state index contributed by atoms with van der Waals surface area (Å²) in [6.45, 7) is 1.21. The zero-order valence-electron chi connectivity index (χ0n) is 12.8. The molecule has 5 nitrogen and oxygen atoms in total. The van der Waals surface area contributed by atoms with E-state index in [1.165, 1.54) is 11.1 Å². The van der Waals surface area contributed by atoms with Crippen molar-refractivity contribution in [1.29, 1.82) is 0 Å². The highest BCUT2D eigenvalue weighted by molar-refractivity contribution is 5.85. The van der Waals surface area contributed by atoms with Crippen molar-refractivity contribution < 1.29 is 19.3 Å². The van der Waals surface area contributed by atoms with Crippen molar-refractivity contribution in [3.63, 3.8) is 0 Å². The van der Waals surface area contributed by atoms with Crippen LogP contribution in [0.3, 0.4) is 0 Å². The third-order valence-electron chi connectivity index (χ3n) is 5.02. The Labute approximate surface area is 133 Å². The summed E-state index contributed by atoms with van der Waals surface area (Å²) in [6, 6.07) is 6.09. The first-order valence-corrected chi connectivity index (χ1v) is 7.85. The van der Waals surface area contributed by atoms with Crippen LogP contribution >= 0.6 is 0 Å². The summed E-state index contributed by atoms with van der Waals surface area (Å²) in [5, 5.41) is 13.7. The number of methoxy groups -OCH3 is 1. The number of rotatable bonds is 1. The quantitative estimate of drug-likeness (QED) is 0.847. The van der Waals surface area contributed by atoms with Gasteiger partial charge in [0.05, 0.1) is 7.11 Å². The van der Waals surface area contributed by atoms with E-state index in [2.05, 4.69) is 11.4 Å². The molecular formula is C18H17NO4. The van der Waals surface area contributed by atoms with Crippen LogP contribution in [0.1, 0.15) is 22.7 Å². The average molecular weight is 311 g/mol. The molecule has 2 aliphatic heterocycles. The van der Waals surface area contributed by atoms with E-state index in [1.54, 1.807) is 7.11 Å². The molecule has 2 N–H and O–H groups in total. The van der Waals surface area contributed by atoms with Crippen LogP contribution in [0, 0.1) is 0 Å². The van der Waals surface area contributed by atoms with Gasteiger partial charge in [-0.3, -0.25) is 0 Å². The lowest BCUT2D eigenvalue weighted by Crippen LogP contribution is -2.33. The molecule has 0 saturated carbocycles. The number of phenols is 1. The van der Waals surface area contributed by atoms with Crippen molar-refractivity contribution in [1.82, 2.24) is 5.32 Å². The predicted molar refractivity (Wildman–Crippen MR) is 84.4 cm³/mol. The molecule has 1 atom stereocenters. The number of benzene rings is 2. The molecule has 0 fully saturated rings. The number of nitrogens with one attached hydrogen (secondary N) is 1. The summed E-state index contributed by atoms with van der Waals surface area (Å²) in [6.07, 6.45) is 1.84. The second-order valence-electron chi connectivity index (χ2n) is 6.20. The zero-order valence-corrected chi connectivity index (χ0v) is 12.8. The molecule has 118 valence electrons. The molecule has 1 aliphatic carbocycles. The number of phenolic OH excluding ortho intramolecular Hbond substituents is 1. The lowest BCUT2D eigenvalue weighted by atomic mass is 9.77. The number of fused-ring (bicyclic) bond motifs is 4. The molecule has 23 heavy (non-hydrogen) atoms. The fourth-order valence-electron chi connectivity index (χ4n) is 4.04. The van der Waals surface area contributed by atoms with Gasteiger partial charge in [0.2, 0.25) is 6.79 Å². The van der Waals surface area contributed by atoms with Crippen LogP contribution in [0.15, 0.2) is 18.2 Å². The van der Waals surface area contributed by atoms with E-state index in [0.717, 1.165) is 47.6 Å². The van der Waals surface area contributed by atoms with Crippen LogP contribution < -0.4 is 19.5 Å². The molecule has 0 saturated heterocycles. The monoisotopic (exact) mass is 311 g/mol. The van der Waals surface area contributed by atoms with E-state index in [-0.39, 0.29) is 18.6 Å². The maximum atomic E-state index is 10.1. The van der Waals surface area contributed by atoms with Gasteiger partial charge in [-0.15, -0.1) is 0 Å². The second kappa shape index (κ2) is 4.55. The van der Waals surface area contributed by atoms with E-state index in [0.29, 0.717) is 5.75 Å². The summed E-state index contributed by atoms with van der Waals surface area (Å²) in [4.78, 5) is 0. The standard InChI is InChI=1S/C18H17NO4/c1-21-14-7-11-10(5-13(14)20)4-12-16-9(2-3-19-12)6-15-18(17(11)16)23-8-22-15/h5-7,12,19-20H,2-4,8H2,1H3/t12-/m0/s1. The minimum absolute atomic E-state index is 0.176. The normalized spacial score (nSPS) is 20.0. The van der Waals surface area contributed by atoms with Crippen molar-refractivity contribution in [2.75, 3.05) is 20.4 Å². The third kappa shape index (κ3) is 1.71. The molecule has 5 rings (SSSR count). The summed E-state index contributed by atoms with van der Waals surface area (Å²) in [7, 11) is 1.57. The van der Waals surface area contributed by atoms with E-state index in [9.17, 15) is 5.11 Å². The lowest BCUT2D eigenvalue weighted by molar-refractivity contribution is 0.174. The molecule has 2 heterocycles. The van der Waals surface area contributed by atoms with Gasteiger partial charge in [0.15, 0.2) is 23.0 Å². The summed E-state index contributed by atoms with van der Waals surface area (Å²) in [5.41, 5.74) is 5.89. The fraction of sp³-hybridized carbons (Fsp3) is 0.333. The van der Waals surface area contributed by atoms with E-state index < -0.39 is 0 Å². The highest BCUT2D eigenvalue weighted by atomic mass is 16.7. The Morgan fingerprint density at radius 3 is 3.00 bits per heavy atom. The van der Waals surface area contributed by atoms with Crippen molar-refractivity contribution in [3.05, 3.63) is 34.9 Å². The fourth-order valence-corrected chi connectivity index (χ4v) is 4.04. The Hall–Kier alpha value is -2.40. The third-order valence-corrected chi connectivity index (χ3v) is 5.02. The summed E-state index contributed by atoms with van der Waals surface area (Å²) >= 11 is 0. The molecule has 3 aliphatic rings. The Morgan fingerprint density at radius 2 is 2.13 bits per heavy atom. The van der Waals surface area contributed by atoms with Gasteiger partial charge in [-0.05, 0) is 59.8 Å². The predicted octanol–water partition coefficient (Wildman–Crippen LogP) is 2.54. The Bertz CT molecular complexity index is 831. The number of hydrogen-bond donors (Lipinski definition) is 2. The van der Waals surface area contributed by atoms with Crippen LogP contribution in [-0.4, -0.2) is 25.6 Å². The molecule has 0 radical (unpaired) electrons. The van der Waals surface area contributed by atoms with Crippen molar-refractivity contribution in [2.24, 2.45) is 0 Å². The van der Waals surface area contributed by atoms with Crippen LogP contribution in [0.25, 0.3) is 11.1 Å². The molecule has 0 bridgehead atoms. The highest BCUT2D eigenvalue weighted by Gasteiger charge is 2.35. The minimum Gasteiger partial charge on any atom is -0.504 e. The largest absolute Gasteiger partial charge is 0.504 e. The Morgan fingerprint density at radius 1 is 1.22 bits per heavy atom. The zero-order chi connectivity index (χ0) is 15.6. The molecule has 0 amide bonds. The average Bonchev–Trinajstić information content (AvgIpc) is 3.02. The maximum Gasteiger partial charge on any atom is 0.231 e. The molecular weight excluding hydrogens is 294 g/mol. The SMILES string of the molecule is COc1cc2c(cc1O)C[C@@H]1NCCc3cc4c(c-2c31)OCO4. The van der Waals surface area contributed by atoms with E-state index in [4.69, 9.17) is 14.2 Å². The van der Waals surface area contributed by atoms with Crippen LogP contribution in [0.2, 0.25) is 0 Å². The van der Waals surface area contributed by atoms with Gasteiger partial charge in [-0.25, -0.2) is 0 Å². The lowest BCUT2D eigenvalue weighted by Gasteiger charge is -2.35. The van der Waals surface area contributed by atoms with Gasteiger partial charge >= 0.3 is 0 Å². The maximum absolute atomic E-state index is 10.1. The first-order chi connectivity index (χ1) is 11.3. The minimum atomic E-state index is 0.176. The summed E-state index contributed by atoms with van der Waals surface area (Å²) in [5.74, 6) is 2.29. The first-order valence-electron chi connectivity index (χ1n) is 7.85. The summed E-state index contributed by atoms with van der Waals surface area (Å²) < 4.78 is 16.7. The smallest absolute Gasteiger partial charge is 0.231 e. The van der Waals surface area contributed by atoms with Gasteiger partial charge in [0.1, 0.15) is 0 Å². The molecule has 0 unspecified atom stereocenters. The Kier molecular flexibility index (Phi) is 2.59. The van der Waals surface area contributed by atoms with Crippen LogP contribution in [0.5, 0.6) is 23.0 Å². The number of aromatic hydroxyl groups is 1. The van der Waals surface area contributed by atoms with E-state index >= 15 is 0 Å². The van der Waals surface area contributed by atoms with Crippen LogP contribution in [0.4, 0.5) is 0 Å². The molecule has 5 heteroatoms. The van der Waals surface area contributed by atoms with Crippen molar-refractivity contribution in [3.8, 4) is 34.1 Å². The van der Waals surface area contributed by atoms with E-state index in [1.807, 2.05) is 12.1 Å². The topological polar surface area (TPSA) is 60.0 Å². The van der Waals surface area contributed by atoms with Crippen molar-refractivity contribution >= 4 is 0 Å². The van der Waals surface area contributed by atoms with Gasteiger partial charge in [-0.2, -0.15) is 0 Å². The number of ether oxygens (including phenoxy) is 3. The van der Waals surface area contributed by atoms with Gasteiger partial charge < -0.3 is 24.6 Å². The molecule has 2 aromatic carbocycles. The molecule has 0 spiro atoms. The first kappa shape index (κ1) is 13.1. The molecule has 2 aromatic rings. The van der Waals surface area contributed by atoms with Crippen LogP contribution in [-0.2, 0) is 12.8 Å². The van der Waals surface area contributed by atoms with Gasteiger partial charge in [0.25, 0.3) is 0 Å². The number of hydrogen-bond acceptors (Lipinski definition) is 5. The molecule has 0 aromatic heterocycles.